The monoisotopic (exact) mass is 207 g/mol. The molecule has 3 unspecified atom stereocenters. The summed E-state index contributed by atoms with van der Waals surface area (Å²) in [6, 6.07) is 0.733. The molecule has 2 fully saturated rings. The topological polar surface area (TPSA) is 18.5 Å². The molecule has 3 nitrogen and oxygen atoms in total. The molecule has 1 aliphatic heterocycles. The molecule has 1 N–H and O–H groups in total. The maximum Gasteiger partial charge on any atom is 0.0283 e. The maximum atomic E-state index is 3.70. The zero-order valence-electron chi connectivity index (χ0n) is 9.52. The Morgan fingerprint density at radius 3 is 2.73 bits per heavy atom. The molecule has 15 heavy (non-hydrogen) atoms. The van der Waals surface area contributed by atoms with E-state index in [0.29, 0.717) is 0 Å². The van der Waals surface area contributed by atoms with Crippen molar-refractivity contribution in [1.82, 2.24) is 15.3 Å². The third-order valence-electron chi connectivity index (χ3n) is 4.21. The molecule has 2 aliphatic carbocycles. The third kappa shape index (κ3) is 1.84. The first kappa shape index (κ1) is 9.82. The van der Waals surface area contributed by atoms with Gasteiger partial charge in [0.05, 0.1) is 0 Å². The molecule has 0 radical (unpaired) electrons. The van der Waals surface area contributed by atoms with E-state index in [2.05, 4.69) is 34.5 Å². The van der Waals surface area contributed by atoms with E-state index in [-0.39, 0.29) is 0 Å². The average Bonchev–Trinajstić information content (AvgIpc) is 2.59. The highest BCUT2D eigenvalue weighted by Crippen LogP contribution is 2.42. The zero-order valence-corrected chi connectivity index (χ0v) is 9.52. The van der Waals surface area contributed by atoms with Crippen molar-refractivity contribution < 1.29 is 0 Å². The first-order valence-electron chi connectivity index (χ1n) is 6.19. The lowest BCUT2D eigenvalue weighted by atomic mass is 9.71. The fourth-order valence-corrected chi connectivity index (χ4v) is 3.04. The second-order valence-corrected chi connectivity index (χ2v) is 5.26. The highest BCUT2D eigenvalue weighted by atomic mass is 15.5. The van der Waals surface area contributed by atoms with Crippen LogP contribution >= 0.6 is 0 Å². The number of rotatable bonds is 2. The maximum absolute atomic E-state index is 3.70. The van der Waals surface area contributed by atoms with E-state index >= 15 is 0 Å². The van der Waals surface area contributed by atoms with Crippen LogP contribution in [0, 0.1) is 11.8 Å². The van der Waals surface area contributed by atoms with Crippen LogP contribution in [-0.4, -0.2) is 49.2 Å². The number of hydrogen-bond donors (Lipinski definition) is 1. The minimum absolute atomic E-state index is 0.733. The summed E-state index contributed by atoms with van der Waals surface area (Å²) < 4.78 is 0. The van der Waals surface area contributed by atoms with Crippen molar-refractivity contribution >= 4 is 0 Å². The smallest absolute Gasteiger partial charge is 0.0283 e. The lowest BCUT2D eigenvalue weighted by Gasteiger charge is -2.45. The van der Waals surface area contributed by atoms with Crippen LogP contribution in [-0.2, 0) is 0 Å². The van der Waals surface area contributed by atoms with Gasteiger partial charge >= 0.3 is 0 Å². The van der Waals surface area contributed by atoms with Crippen molar-refractivity contribution in [1.29, 1.82) is 0 Å². The average molecular weight is 207 g/mol. The highest BCUT2D eigenvalue weighted by Gasteiger charge is 2.41. The van der Waals surface area contributed by atoms with Gasteiger partial charge in [0.15, 0.2) is 0 Å². The summed E-state index contributed by atoms with van der Waals surface area (Å²) in [7, 11) is 2.20. The molecule has 1 heterocycles. The Hall–Kier alpha value is -0.380. The van der Waals surface area contributed by atoms with Crippen LogP contribution in [0.1, 0.15) is 12.8 Å². The lowest BCUT2D eigenvalue weighted by molar-refractivity contribution is 0.0317. The fourth-order valence-electron chi connectivity index (χ4n) is 3.04. The summed E-state index contributed by atoms with van der Waals surface area (Å²) in [5.74, 6) is 1.81. The molecule has 3 atom stereocenters. The summed E-state index contributed by atoms with van der Waals surface area (Å²) >= 11 is 0. The van der Waals surface area contributed by atoms with Crippen molar-refractivity contribution in [2.45, 2.75) is 18.9 Å². The number of likely N-dealkylation sites (N-methyl/N-ethyl adjacent to an activating group) is 1. The van der Waals surface area contributed by atoms with Gasteiger partial charge in [0, 0.05) is 32.2 Å². The Morgan fingerprint density at radius 2 is 2.00 bits per heavy atom. The van der Waals surface area contributed by atoms with Gasteiger partial charge < -0.3 is 4.90 Å². The molecule has 0 spiro atoms. The highest BCUT2D eigenvalue weighted by molar-refractivity contribution is 5.12. The summed E-state index contributed by atoms with van der Waals surface area (Å²) in [5.41, 5.74) is 3.70. The van der Waals surface area contributed by atoms with Gasteiger partial charge in [0.1, 0.15) is 0 Å². The molecule has 3 heteroatoms. The van der Waals surface area contributed by atoms with Crippen molar-refractivity contribution in [2.75, 3.05) is 33.2 Å². The van der Waals surface area contributed by atoms with Crippen molar-refractivity contribution in [3.8, 4) is 0 Å². The van der Waals surface area contributed by atoms with Crippen LogP contribution in [0.15, 0.2) is 12.2 Å². The Bertz CT molecular complexity index is 256. The van der Waals surface area contributed by atoms with Gasteiger partial charge in [-0.05, 0) is 31.7 Å². The van der Waals surface area contributed by atoms with Crippen LogP contribution in [0.2, 0.25) is 0 Å². The predicted octanol–water partition coefficient (Wildman–Crippen LogP) is 0.703. The van der Waals surface area contributed by atoms with Gasteiger partial charge in [0.2, 0.25) is 0 Å². The molecule has 1 saturated carbocycles. The van der Waals surface area contributed by atoms with E-state index in [4.69, 9.17) is 0 Å². The van der Waals surface area contributed by atoms with E-state index < -0.39 is 0 Å². The number of nitrogens with zero attached hydrogens (tertiary/aromatic N) is 2. The molecular formula is C12H21N3. The summed E-state index contributed by atoms with van der Waals surface area (Å²) in [5, 5.41) is 2.42. The number of hydrazine groups is 1. The van der Waals surface area contributed by atoms with Gasteiger partial charge in [-0.25, -0.2) is 5.01 Å². The second kappa shape index (κ2) is 3.89. The largest absolute Gasteiger partial charge is 0.304 e. The van der Waals surface area contributed by atoms with Crippen molar-refractivity contribution in [3.63, 3.8) is 0 Å². The van der Waals surface area contributed by atoms with Crippen molar-refractivity contribution in [3.05, 3.63) is 12.2 Å². The van der Waals surface area contributed by atoms with Gasteiger partial charge in [-0.1, -0.05) is 12.2 Å². The first-order valence-corrected chi connectivity index (χ1v) is 6.19. The minimum atomic E-state index is 0.733. The van der Waals surface area contributed by atoms with Crippen LogP contribution in [0.5, 0.6) is 0 Å². The van der Waals surface area contributed by atoms with Crippen LogP contribution in [0.3, 0.4) is 0 Å². The number of piperazine rings is 1. The van der Waals surface area contributed by atoms with Gasteiger partial charge in [-0.3, -0.25) is 5.43 Å². The van der Waals surface area contributed by atoms with Gasteiger partial charge in [-0.15, -0.1) is 0 Å². The minimum Gasteiger partial charge on any atom is -0.304 e. The Labute approximate surface area is 92.1 Å². The first-order chi connectivity index (χ1) is 7.33. The third-order valence-corrected chi connectivity index (χ3v) is 4.21. The predicted molar refractivity (Wildman–Crippen MR) is 61.3 cm³/mol. The van der Waals surface area contributed by atoms with Crippen LogP contribution < -0.4 is 5.43 Å². The van der Waals surface area contributed by atoms with E-state index in [1.807, 2.05) is 0 Å². The quantitative estimate of drug-likeness (QED) is 0.673. The van der Waals surface area contributed by atoms with Crippen LogP contribution in [0.25, 0.3) is 0 Å². The Kier molecular flexibility index (Phi) is 2.54. The normalized spacial score (nSPS) is 41.5. The van der Waals surface area contributed by atoms with Gasteiger partial charge in [0.25, 0.3) is 0 Å². The molecule has 0 aromatic heterocycles. The Morgan fingerprint density at radius 1 is 1.20 bits per heavy atom. The number of fused-ring (bicyclic) bond motifs is 1. The van der Waals surface area contributed by atoms with Gasteiger partial charge in [-0.2, -0.15) is 0 Å². The zero-order chi connectivity index (χ0) is 10.3. The molecule has 0 bridgehead atoms. The van der Waals surface area contributed by atoms with E-state index in [1.165, 1.54) is 39.0 Å². The molecule has 0 amide bonds. The fraction of sp³-hybridized carbons (Fsp3) is 0.833. The summed E-state index contributed by atoms with van der Waals surface area (Å²) in [6.45, 7) is 4.75. The van der Waals surface area contributed by atoms with Crippen LogP contribution in [0.4, 0.5) is 0 Å². The molecule has 0 aromatic rings. The number of hydrogen-bond acceptors (Lipinski definition) is 3. The molecule has 3 aliphatic rings. The van der Waals surface area contributed by atoms with E-state index in [0.717, 1.165) is 17.9 Å². The van der Waals surface area contributed by atoms with E-state index in [9.17, 15) is 0 Å². The molecular weight excluding hydrogens is 186 g/mol. The molecule has 1 saturated heterocycles. The second-order valence-electron chi connectivity index (χ2n) is 5.26. The lowest BCUT2D eigenvalue weighted by Crippen LogP contribution is -2.59. The van der Waals surface area contributed by atoms with E-state index in [1.54, 1.807) is 0 Å². The van der Waals surface area contributed by atoms with Crippen molar-refractivity contribution in [2.24, 2.45) is 11.8 Å². The standard InChI is InChI=1S/C12H21N3/c1-14-5-7-15(8-6-14)13-12-9-10-3-2-4-11(10)12/h2,4,10-13H,3,5-9H2,1H3. The summed E-state index contributed by atoms with van der Waals surface area (Å²) in [6.07, 6.45) is 7.48. The number of nitrogens with one attached hydrogen (secondary N) is 1. The molecule has 84 valence electrons. The SMILES string of the molecule is CN1CCN(NC2CC3CC=CC32)CC1. The Balaban J connectivity index is 1.48. The summed E-state index contributed by atoms with van der Waals surface area (Å²) in [4.78, 5) is 2.40. The number of allylic oxidation sites excluding steroid dienone is 1. The molecule has 3 rings (SSSR count). The molecule has 0 aromatic carbocycles.